The number of aromatic nitrogens is 2. The second-order valence-corrected chi connectivity index (χ2v) is 7.46. The summed E-state index contributed by atoms with van der Waals surface area (Å²) in [6, 6.07) is 7.04. The van der Waals surface area contributed by atoms with E-state index in [4.69, 9.17) is 21.1 Å². The Bertz CT molecular complexity index is 963. The molecule has 0 saturated heterocycles. The van der Waals surface area contributed by atoms with Crippen molar-refractivity contribution in [2.75, 3.05) is 13.2 Å². The number of benzene rings is 1. The standard InChI is InChI=1S/C21H22ClN3O3S/c1-3-9-28-20-16(22)10-15(11-18(20)27-4-2)21(26)24-12-19-25-17(13-29-19)14-5-7-23-8-6-14/h5-8,10-11,13H,3-4,9,12H2,1-2H3,(H,24,26). The van der Waals surface area contributed by atoms with Crippen LogP contribution in [0.1, 0.15) is 35.6 Å². The number of rotatable bonds is 9. The maximum absolute atomic E-state index is 12.6. The van der Waals surface area contributed by atoms with E-state index < -0.39 is 0 Å². The van der Waals surface area contributed by atoms with Crippen molar-refractivity contribution in [1.82, 2.24) is 15.3 Å². The van der Waals surface area contributed by atoms with Crippen molar-refractivity contribution in [3.8, 4) is 22.8 Å². The molecule has 3 aromatic rings. The van der Waals surface area contributed by atoms with Gasteiger partial charge in [0.05, 0.1) is 30.5 Å². The third-order valence-electron chi connectivity index (χ3n) is 3.95. The molecular formula is C21H22ClN3O3S. The number of carbonyl (C=O) groups excluding carboxylic acids is 1. The number of halogens is 1. The largest absolute Gasteiger partial charge is 0.490 e. The molecule has 0 spiro atoms. The first-order valence-corrected chi connectivity index (χ1v) is 10.6. The minimum atomic E-state index is -0.254. The second kappa shape index (κ2) is 10.2. The Labute approximate surface area is 178 Å². The summed E-state index contributed by atoms with van der Waals surface area (Å²) in [7, 11) is 0. The van der Waals surface area contributed by atoms with Crippen LogP contribution in [-0.4, -0.2) is 29.1 Å². The molecule has 2 heterocycles. The van der Waals surface area contributed by atoms with Crippen LogP contribution in [0.25, 0.3) is 11.3 Å². The van der Waals surface area contributed by atoms with Crippen LogP contribution in [0.4, 0.5) is 0 Å². The zero-order valence-electron chi connectivity index (χ0n) is 16.3. The fourth-order valence-corrected chi connectivity index (χ4v) is 3.62. The lowest BCUT2D eigenvalue weighted by molar-refractivity contribution is 0.0950. The minimum Gasteiger partial charge on any atom is -0.490 e. The number of ether oxygens (including phenoxy) is 2. The average Bonchev–Trinajstić information content (AvgIpc) is 3.21. The topological polar surface area (TPSA) is 73.3 Å². The van der Waals surface area contributed by atoms with Crippen LogP contribution in [-0.2, 0) is 6.54 Å². The van der Waals surface area contributed by atoms with Crippen molar-refractivity contribution in [2.24, 2.45) is 0 Å². The molecule has 0 aliphatic heterocycles. The molecule has 0 aliphatic rings. The van der Waals surface area contributed by atoms with E-state index in [1.165, 1.54) is 11.3 Å². The Balaban J connectivity index is 1.70. The van der Waals surface area contributed by atoms with Gasteiger partial charge in [-0.15, -0.1) is 11.3 Å². The summed E-state index contributed by atoms with van der Waals surface area (Å²) >= 11 is 7.83. The quantitative estimate of drug-likeness (QED) is 0.517. The van der Waals surface area contributed by atoms with E-state index in [9.17, 15) is 4.79 Å². The van der Waals surface area contributed by atoms with Crippen molar-refractivity contribution >= 4 is 28.8 Å². The first-order valence-electron chi connectivity index (χ1n) is 9.34. The predicted octanol–water partition coefficient (Wildman–Crippen LogP) is 4.98. The third kappa shape index (κ3) is 5.46. The Hall–Kier alpha value is -2.64. The summed E-state index contributed by atoms with van der Waals surface area (Å²) in [5, 5.41) is 6.00. The Morgan fingerprint density at radius 2 is 2.00 bits per heavy atom. The molecule has 1 N–H and O–H groups in total. The SMILES string of the molecule is CCCOc1c(Cl)cc(C(=O)NCc2nc(-c3ccncc3)cs2)cc1OCC. The number of nitrogens with zero attached hydrogens (tertiary/aromatic N) is 2. The highest BCUT2D eigenvalue weighted by Gasteiger charge is 2.16. The first kappa shape index (κ1) is 21.1. The van der Waals surface area contributed by atoms with Gasteiger partial charge in [-0.2, -0.15) is 0 Å². The fourth-order valence-electron chi connectivity index (χ4n) is 2.61. The normalized spacial score (nSPS) is 10.6. The van der Waals surface area contributed by atoms with Gasteiger partial charge in [0.25, 0.3) is 5.91 Å². The van der Waals surface area contributed by atoms with Crippen LogP contribution in [0.2, 0.25) is 5.02 Å². The smallest absolute Gasteiger partial charge is 0.251 e. The van der Waals surface area contributed by atoms with Gasteiger partial charge in [0.1, 0.15) is 5.01 Å². The molecule has 0 atom stereocenters. The maximum Gasteiger partial charge on any atom is 0.251 e. The molecule has 152 valence electrons. The predicted molar refractivity (Wildman–Crippen MR) is 115 cm³/mol. The van der Waals surface area contributed by atoms with Gasteiger partial charge in [-0.3, -0.25) is 9.78 Å². The molecular weight excluding hydrogens is 410 g/mol. The third-order valence-corrected chi connectivity index (χ3v) is 5.08. The lowest BCUT2D eigenvalue weighted by atomic mass is 10.2. The molecule has 3 rings (SSSR count). The zero-order valence-corrected chi connectivity index (χ0v) is 17.8. The fraction of sp³-hybridized carbons (Fsp3) is 0.286. The second-order valence-electron chi connectivity index (χ2n) is 6.11. The lowest BCUT2D eigenvalue weighted by Gasteiger charge is -2.14. The van der Waals surface area contributed by atoms with Crippen LogP contribution in [0.15, 0.2) is 42.0 Å². The summed E-state index contributed by atoms with van der Waals surface area (Å²) < 4.78 is 11.3. The van der Waals surface area contributed by atoms with Crippen molar-refractivity contribution in [3.63, 3.8) is 0 Å². The van der Waals surface area contributed by atoms with Gasteiger partial charge in [0.15, 0.2) is 11.5 Å². The number of pyridine rings is 1. The molecule has 29 heavy (non-hydrogen) atoms. The molecule has 0 fully saturated rings. The number of hydrogen-bond acceptors (Lipinski definition) is 6. The Morgan fingerprint density at radius 1 is 1.21 bits per heavy atom. The van der Waals surface area contributed by atoms with Gasteiger partial charge in [0, 0.05) is 28.9 Å². The summed E-state index contributed by atoms with van der Waals surface area (Å²) in [4.78, 5) is 21.2. The number of amides is 1. The molecule has 0 saturated carbocycles. The van der Waals surface area contributed by atoms with Gasteiger partial charge in [-0.05, 0) is 37.6 Å². The number of nitrogens with one attached hydrogen (secondary N) is 1. The van der Waals surface area contributed by atoms with Gasteiger partial charge in [0.2, 0.25) is 0 Å². The lowest BCUT2D eigenvalue weighted by Crippen LogP contribution is -2.23. The number of carbonyl (C=O) groups is 1. The minimum absolute atomic E-state index is 0.254. The molecule has 0 radical (unpaired) electrons. The molecule has 2 aromatic heterocycles. The van der Waals surface area contributed by atoms with E-state index >= 15 is 0 Å². The van der Waals surface area contributed by atoms with E-state index in [1.54, 1.807) is 24.5 Å². The van der Waals surface area contributed by atoms with Gasteiger partial charge < -0.3 is 14.8 Å². The molecule has 0 bridgehead atoms. The molecule has 1 aromatic carbocycles. The van der Waals surface area contributed by atoms with Crippen molar-refractivity contribution in [3.05, 3.63) is 57.6 Å². The molecule has 6 nitrogen and oxygen atoms in total. The van der Waals surface area contributed by atoms with Gasteiger partial charge in [-0.1, -0.05) is 18.5 Å². The van der Waals surface area contributed by atoms with Crippen LogP contribution in [0.3, 0.4) is 0 Å². The van der Waals surface area contributed by atoms with E-state index in [2.05, 4.69) is 15.3 Å². The maximum atomic E-state index is 12.6. The molecule has 1 amide bonds. The molecule has 0 unspecified atom stereocenters. The highest BCUT2D eigenvalue weighted by molar-refractivity contribution is 7.09. The van der Waals surface area contributed by atoms with Gasteiger partial charge >= 0.3 is 0 Å². The molecule has 0 aliphatic carbocycles. The molecule has 8 heteroatoms. The monoisotopic (exact) mass is 431 g/mol. The van der Waals surface area contributed by atoms with Crippen molar-refractivity contribution in [2.45, 2.75) is 26.8 Å². The highest BCUT2D eigenvalue weighted by atomic mass is 35.5. The summed E-state index contributed by atoms with van der Waals surface area (Å²) in [5.41, 5.74) is 2.26. The number of hydrogen-bond donors (Lipinski definition) is 1. The summed E-state index contributed by atoms with van der Waals surface area (Å²) in [6.07, 6.45) is 4.30. The van der Waals surface area contributed by atoms with Crippen LogP contribution < -0.4 is 14.8 Å². The van der Waals surface area contributed by atoms with Crippen LogP contribution >= 0.6 is 22.9 Å². The highest BCUT2D eigenvalue weighted by Crippen LogP contribution is 2.37. The van der Waals surface area contributed by atoms with Crippen molar-refractivity contribution < 1.29 is 14.3 Å². The average molecular weight is 432 g/mol. The zero-order chi connectivity index (χ0) is 20.6. The first-order chi connectivity index (χ1) is 14.1. The van der Waals surface area contributed by atoms with E-state index in [-0.39, 0.29) is 5.91 Å². The van der Waals surface area contributed by atoms with E-state index in [0.717, 1.165) is 22.7 Å². The summed E-state index contributed by atoms with van der Waals surface area (Å²) in [5.74, 6) is 0.678. The van der Waals surface area contributed by atoms with E-state index in [0.29, 0.717) is 41.8 Å². The Morgan fingerprint density at radius 3 is 2.72 bits per heavy atom. The Kier molecular flexibility index (Phi) is 7.43. The van der Waals surface area contributed by atoms with Crippen LogP contribution in [0, 0.1) is 0 Å². The summed E-state index contributed by atoms with van der Waals surface area (Å²) in [6.45, 7) is 5.17. The van der Waals surface area contributed by atoms with Gasteiger partial charge in [-0.25, -0.2) is 4.98 Å². The number of thiazole rings is 1. The van der Waals surface area contributed by atoms with Crippen LogP contribution in [0.5, 0.6) is 11.5 Å². The van der Waals surface area contributed by atoms with Crippen molar-refractivity contribution in [1.29, 1.82) is 0 Å². The van der Waals surface area contributed by atoms with E-state index in [1.807, 2.05) is 31.4 Å².